The molecule has 0 radical (unpaired) electrons. The average Bonchev–Trinajstić information content (AvgIpc) is 2.99. The Labute approximate surface area is 129 Å². The zero-order valence-electron chi connectivity index (χ0n) is 12.6. The number of aryl methyl sites for hydroxylation is 1. The zero-order chi connectivity index (χ0) is 15.4. The second kappa shape index (κ2) is 6.58. The van der Waals surface area contributed by atoms with Crippen molar-refractivity contribution in [3.8, 4) is 0 Å². The predicted molar refractivity (Wildman–Crippen MR) is 86.0 cm³/mol. The molecule has 5 nitrogen and oxygen atoms in total. The van der Waals surface area contributed by atoms with Crippen molar-refractivity contribution in [2.24, 2.45) is 7.05 Å². The fraction of sp³-hybridized carbons (Fsp3) is 0.294. The SMILES string of the molecule is Cn1cc(/C=C/C(=O)c2ccc(N3CCOCC3)cc2)cn1. The van der Waals surface area contributed by atoms with Crippen molar-refractivity contribution in [2.75, 3.05) is 31.2 Å². The minimum Gasteiger partial charge on any atom is -0.378 e. The molecule has 0 spiro atoms. The van der Waals surface area contributed by atoms with Crippen molar-refractivity contribution < 1.29 is 9.53 Å². The molecule has 1 aliphatic heterocycles. The topological polar surface area (TPSA) is 47.4 Å². The van der Waals surface area contributed by atoms with Gasteiger partial charge in [0.05, 0.1) is 19.4 Å². The van der Waals surface area contributed by atoms with E-state index in [0.717, 1.165) is 37.6 Å². The minimum absolute atomic E-state index is 0.00243. The van der Waals surface area contributed by atoms with Crippen molar-refractivity contribution in [2.45, 2.75) is 0 Å². The summed E-state index contributed by atoms with van der Waals surface area (Å²) >= 11 is 0. The van der Waals surface area contributed by atoms with Crippen molar-refractivity contribution in [1.82, 2.24) is 9.78 Å². The van der Waals surface area contributed by atoms with Gasteiger partial charge in [0.2, 0.25) is 0 Å². The van der Waals surface area contributed by atoms with Gasteiger partial charge in [-0.1, -0.05) is 0 Å². The van der Waals surface area contributed by atoms with E-state index >= 15 is 0 Å². The molecule has 1 fully saturated rings. The molecule has 114 valence electrons. The molecule has 2 heterocycles. The van der Waals surface area contributed by atoms with E-state index in [9.17, 15) is 4.79 Å². The van der Waals surface area contributed by atoms with Crippen LogP contribution in [0.1, 0.15) is 15.9 Å². The number of ketones is 1. The first-order valence-electron chi connectivity index (χ1n) is 7.36. The van der Waals surface area contributed by atoms with Gasteiger partial charge in [0.15, 0.2) is 5.78 Å². The average molecular weight is 297 g/mol. The quantitative estimate of drug-likeness (QED) is 0.641. The Bertz CT molecular complexity index is 667. The number of ether oxygens (including phenoxy) is 1. The molecule has 1 aromatic carbocycles. The predicted octanol–water partition coefficient (Wildman–Crippen LogP) is 2.15. The number of anilines is 1. The van der Waals surface area contributed by atoms with E-state index in [0.29, 0.717) is 5.56 Å². The fourth-order valence-electron chi connectivity index (χ4n) is 2.45. The Morgan fingerprint density at radius 1 is 1.23 bits per heavy atom. The van der Waals surface area contributed by atoms with E-state index < -0.39 is 0 Å². The van der Waals surface area contributed by atoms with Crippen molar-refractivity contribution in [1.29, 1.82) is 0 Å². The third-order valence-electron chi connectivity index (χ3n) is 3.68. The number of hydrogen-bond acceptors (Lipinski definition) is 4. The number of hydrogen-bond donors (Lipinski definition) is 0. The van der Waals surface area contributed by atoms with Crippen LogP contribution in [0.3, 0.4) is 0 Å². The second-order valence-corrected chi connectivity index (χ2v) is 5.29. The van der Waals surface area contributed by atoms with E-state index in [4.69, 9.17) is 4.74 Å². The van der Waals surface area contributed by atoms with E-state index in [-0.39, 0.29) is 5.78 Å². The Hall–Kier alpha value is -2.40. The molecule has 0 saturated carbocycles. The zero-order valence-corrected chi connectivity index (χ0v) is 12.6. The maximum atomic E-state index is 12.2. The van der Waals surface area contributed by atoms with Crippen LogP contribution in [0, 0.1) is 0 Å². The molecule has 22 heavy (non-hydrogen) atoms. The summed E-state index contributed by atoms with van der Waals surface area (Å²) in [6, 6.07) is 7.74. The number of aromatic nitrogens is 2. The van der Waals surface area contributed by atoms with Crippen molar-refractivity contribution in [3.63, 3.8) is 0 Å². The molecule has 0 bridgehead atoms. The maximum Gasteiger partial charge on any atom is 0.185 e. The number of morpholine rings is 1. The first-order chi connectivity index (χ1) is 10.7. The number of rotatable bonds is 4. The molecule has 0 unspecified atom stereocenters. The lowest BCUT2D eigenvalue weighted by atomic mass is 10.1. The van der Waals surface area contributed by atoms with Crippen LogP contribution < -0.4 is 4.90 Å². The highest BCUT2D eigenvalue weighted by Gasteiger charge is 2.11. The molecule has 0 amide bonds. The largest absolute Gasteiger partial charge is 0.378 e. The molecule has 5 heteroatoms. The first kappa shape index (κ1) is 14.5. The summed E-state index contributed by atoms with van der Waals surface area (Å²) < 4.78 is 7.06. The summed E-state index contributed by atoms with van der Waals surface area (Å²) in [6.45, 7) is 3.31. The van der Waals surface area contributed by atoms with Gasteiger partial charge in [0.25, 0.3) is 0 Å². The summed E-state index contributed by atoms with van der Waals surface area (Å²) in [5.74, 6) is -0.00243. The molecule has 0 N–H and O–H groups in total. The molecule has 0 atom stereocenters. The van der Waals surface area contributed by atoms with Crippen LogP contribution in [0.4, 0.5) is 5.69 Å². The summed E-state index contributed by atoms with van der Waals surface area (Å²) in [6.07, 6.45) is 6.96. The van der Waals surface area contributed by atoms with Crippen LogP contribution in [-0.2, 0) is 11.8 Å². The molecule has 1 aliphatic rings. The van der Waals surface area contributed by atoms with Crippen LogP contribution in [0.5, 0.6) is 0 Å². The molecular weight excluding hydrogens is 278 g/mol. The van der Waals surface area contributed by atoms with Gasteiger partial charge < -0.3 is 9.64 Å². The van der Waals surface area contributed by atoms with Gasteiger partial charge in [-0.3, -0.25) is 9.48 Å². The number of benzene rings is 1. The molecule has 1 saturated heterocycles. The lowest BCUT2D eigenvalue weighted by Crippen LogP contribution is -2.36. The van der Waals surface area contributed by atoms with Crippen LogP contribution in [0.2, 0.25) is 0 Å². The Morgan fingerprint density at radius 3 is 2.59 bits per heavy atom. The number of allylic oxidation sites excluding steroid dienone is 1. The molecule has 3 rings (SSSR count). The monoisotopic (exact) mass is 297 g/mol. The van der Waals surface area contributed by atoms with Gasteiger partial charge in [-0.25, -0.2) is 0 Å². The second-order valence-electron chi connectivity index (χ2n) is 5.29. The maximum absolute atomic E-state index is 12.2. The smallest absolute Gasteiger partial charge is 0.185 e. The Kier molecular flexibility index (Phi) is 4.34. The van der Waals surface area contributed by atoms with Crippen LogP contribution in [0.15, 0.2) is 42.7 Å². The van der Waals surface area contributed by atoms with Gasteiger partial charge in [-0.2, -0.15) is 5.10 Å². The van der Waals surface area contributed by atoms with Gasteiger partial charge >= 0.3 is 0 Å². The number of nitrogens with zero attached hydrogens (tertiary/aromatic N) is 3. The van der Waals surface area contributed by atoms with Crippen LogP contribution >= 0.6 is 0 Å². The molecular formula is C17H19N3O2. The highest BCUT2D eigenvalue weighted by Crippen LogP contribution is 2.17. The van der Waals surface area contributed by atoms with E-state index in [1.54, 1.807) is 23.0 Å². The van der Waals surface area contributed by atoms with E-state index in [2.05, 4.69) is 10.00 Å². The molecule has 1 aromatic heterocycles. The van der Waals surface area contributed by atoms with Crippen LogP contribution in [-0.4, -0.2) is 41.9 Å². The molecule has 0 aliphatic carbocycles. The van der Waals surface area contributed by atoms with E-state index in [1.807, 2.05) is 37.5 Å². The molecule has 2 aromatic rings. The summed E-state index contributed by atoms with van der Waals surface area (Å²) in [4.78, 5) is 14.4. The van der Waals surface area contributed by atoms with Crippen molar-refractivity contribution in [3.05, 3.63) is 53.9 Å². The highest BCUT2D eigenvalue weighted by atomic mass is 16.5. The summed E-state index contributed by atoms with van der Waals surface area (Å²) in [7, 11) is 1.85. The highest BCUT2D eigenvalue weighted by molar-refractivity contribution is 6.06. The lowest BCUT2D eigenvalue weighted by molar-refractivity contribution is 0.104. The Morgan fingerprint density at radius 2 is 1.95 bits per heavy atom. The summed E-state index contributed by atoms with van der Waals surface area (Å²) in [5, 5.41) is 4.07. The van der Waals surface area contributed by atoms with E-state index in [1.165, 1.54) is 0 Å². The lowest BCUT2D eigenvalue weighted by Gasteiger charge is -2.28. The van der Waals surface area contributed by atoms with Gasteiger partial charge in [-0.15, -0.1) is 0 Å². The fourth-order valence-corrected chi connectivity index (χ4v) is 2.45. The van der Waals surface area contributed by atoms with Gasteiger partial charge in [0.1, 0.15) is 0 Å². The number of carbonyl (C=O) groups is 1. The third-order valence-corrected chi connectivity index (χ3v) is 3.68. The van der Waals surface area contributed by atoms with Crippen molar-refractivity contribution >= 4 is 17.5 Å². The standard InChI is InChI=1S/C17H19N3O2/c1-19-13-14(12-18-19)2-7-17(21)15-3-5-16(6-4-15)20-8-10-22-11-9-20/h2-7,12-13H,8-11H2,1H3/b7-2+. The van der Waals surface area contributed by atoms with Crippen LogP contribution in [0.25, 0.3) is 6.08 Å². The van der Waals surface area contributed by atoms with Gasteiger partial charge in [0, 0.05) is 43.1 Å². The normalized spacial score (nSPS) is 15.4. The number of carbonyl (C=O) groups excluding carboxylic acids is 1. The minimum atomic E-state index is -0.00243. The Balaban J connectivity index is 1.66. The first-order valence-corrected chi connectivity index (χ1v) is 7.36. The summed E-state index contributed by atoms with van der Waals surface area (Å²) in [5.41, 5.74) is 2.74. The third kappa shape index (κ3) is 3.43. The van der Waals surface area contributed by atoms with Gasteiger partial charge in [-0.05, 0) is 36.4 Å².